The van der Waals surface area contributed by atoms with Gasteiger partial charge in [-0.25, -0.2) is 0 Å². The van der Waals surface area contributed by atoms with E-state index < -0.39 is 0 Å². The molecule has 1 rings (SSSR count). The minimum atomic E-state index is -0.309. The third kappa shape index (κ3) is 3.23. The van der Waals surface area contributed by atoms with Crippen LogP contribution in [0.1, 0.15) is 37.0 Å². The predicted octanol–water partition coefficient (Wildman–Crippen LogP) is 1.94. The largest absolute Gasteiger partial charge is 0.497 e. The Morgan fingerprint density at radius 1 is 1.28 bits per heavy atom. The van der Waals surface area contributed by atoms with Crippen LogP contribution in [0.15, 0.2) is 24.3 Å². The molecule has 100 valence electrons. The SMILES string of the molecule is CCC(CC)(CN)NC(=O)c1ccc(OC)cc1. The number of rotatable bonds is 6. The number of amides is 1. The van der Waals surface area contributed by atoms with Gasteiger partial charge < -0.3 is 15.8 Å². The molecule has 0 fully saturated rings. The van der Waals surface area contributed by atoms with Gasteiger partial charge in [-0.15, -0.1) is 0 Å². The maximum Gasteiger partial charge on any atom is 0.251 e. The highest BCUT2D eigenvalue weighted by atomic mass is 16.5. The molecule has 4 nitrogen and oxygen atoms in total. The van der Waals surface area contributed by atoms with E-state index in [-0.39, 0.29) is 11.4 Å². The highest BCUT2D eigenvalue weighted by Gasteiger charge is 2.26. The van der Waals surface area contributed by atoms with Crippen molar-refractivity contribution < 1.29 is 9.53 Å². The fraction of sp³-hybridized carbons (Fsp3) is 0.500. The van der Waals surface area contributed by atoms with E-state index in [4.69, 9.17) is 10.5 Å². The second-order valence-electron chi connectivity index (χ2n) is 4.37. The Morgan fingerprint density at radius 3 is 2.22 bits per heavy atom. The number of ether oxygens (including phenoxy) is 1. The molecule has 0 heterocycles. The number of carbonyl (C=O) groups excluding carboxylic acids is 1. The summed E-state index contributed by atoms with van der Waals surface area (Å²) in [6.07, 6.45) is 1.64. The minimum absolute atomic E-state index is 0.0909. The lowest BCUT2D eigenvalue weighted by atomic mass is 9.92. The van der Waals surface area contributed by atoms with Crippen molar-refractivity contribution in [3.8, 4) is 5.75 Å². The zero-order valence-corrected chi connectivity index (χ0v) is 11.3. The summed E-state index contributed by atoms with van der Waals surface area (Å²) >= 11 is 0. The molecule has 0 saturated heterocycles. The van der Waals surface area contributed by atoms with Crippen molar-refractivity contribution in [2.24, 2.45) is 5.73 Å². The molecule has 0 aliphatic carbocycles. The van der Waals surface area contributed by atoms with Crippen LogP contribution in [0.2, 0.25) is 0 Å². The Bertz CT molecular complexity index is 375. The molecule has 0 saturated carbocycles. The number of carbonyl (C=O) groups is 1. The molecule has 4 heteroatoms. The normalized spacial score (nSPS) is 11.1. The van der Waals surface area contributed by atoms with Gasteiger partial charge in [-0.05, 0) is 37.1 Å². The Hall–Kier alpha value is -1.55. The molecule has 0 atom stereocenters. The third-order valence-corrected chi connectivity index (χ3v) is 3.48. The number of hydrogen-bond donors (Lipinski definition) is 2. The molecular weight excluding hydrogens is 228 g/mol. The van der Waals surface area contributed by atoms with Crippen molar-refractivity contribution in [2.45, 2.75) is 32.2 Å². The Balaban J connectivity index is 2.80. The molecule has 0 aliphatic rings. The summed E-state index contributed by atoms with van der Waals surface area (Å²) in [5.41, 5.74) is 6.08. The summed E-state index contributed by atoms with van der Waals surface area (Å²) in [6.45, 7) is 4.51. The maximum absolute atomic E-state index is 12.1. The fourth-order valence-corrected chi connectivity index (χ4v) is 1.82. The standard InChI is InChI=1S/C14H22N2O2/c1-4-14(5-2,10-15)16-13(17)11-6-8-12(18-3)9-7-11/h6-9H,4-5,10,15H2,1-3H3,(H,16,17). The van der Waals surface area contributed by atoms with Crippen molar-refractivity contribution in [1.82, 2.24) is 5.32 Å². The molecule has 0 spiro atoms. The van der Waals surface area contributed by atoms with E-state index >= 15 is 0 Å². The second kappa shape index (κ2) is 6.40. The molecule has 0 bridgehead atoms. The van der Waals surface area contributed by atoms with Crippen LogP contribution in [0.3, 0.4) is 0 Å². The van der Waals surface area contributed by atoms with Gasteiger partial charge in [0, 0.05) is 12.1 Å². The zero-order chi connectivity index (χ0) is 13.6. The molecule has 1 aromatic rings. The van der Waals surface area contributed by atoms with Gasteiger partial charge in [0.15, 0.2) is 0 Å². The van der Waals surface area contributed by atoms with Gasteiger partial charge in [-0.2, -0.15) is 0 Å². The Kier molecular flexibility index (Phi) is 5.16. The van der Waals surface area contributed by atoms with Gasteiger partial charge in [0.05, 0.1) is 12.6 Å². The zero-order valence-electron chi connectivity index (χ0n) is 11.3. The van der Waals surface area contributed by atoms with Crippen LogP contribution in [0.5, 0.6) is 5.75 Å². The van der Waals surface area contributed by atoms with Gasteiger partial charge in [0.1, 0.15) is 5.75 Å². The Morgan fingerprint density at radius 2 is 1.83 bits per heavy atom. The quantitative estimate of drug-likeness (QED) is 0.811. The van der Waals surface area contributed by atoms with Gasteiger partial charge in [0.2, 0.25) is 0 Å². The summed E-state index contributed by atoms with van der Waals surface area (Å²) < 4.78 is 5.06. The average molecular weight is 250 g/mol. The van der Waals surface area contributed by atoms with E-state index in [0.29, 0.717) is 12.1 Å². The number of methoxy groups -OCH3 is 1. The van der Waals surface area contributed by atoms with Crippen molar-refractivity contribution >= 4 is 5.91 Å². The van der Waals surface area contributed by atoms with Crippen LogP contribution in [0.4, 0.5) is 0 Å². The van der Waals surface area contributed by atoms with E-state index in [1.54, 1.807) is 31.4 Å². The molecule has 1 amide bonds. The number of hydrogen-bond acceptors (Lipinski definition) is 3. The molecule has 0 unspecified atom stereocenters. The molecular formula is C14H22N2O2. The Labute approximate surface area is 109 Å². The fourth-order valence-electron chi connectivity index (χ4n) is 1.82. The highest BCUT2D eigenvalue weighted by Crippen LogP contribution is 2.16. The number of nitrogens with two attached hydrogens (primary N) is 1. The van der Waals surface area contributed by atoms with Crippen molar-refractivity contribution in [2.75, 3.05) is 13.7 Å². The first-order valence-electron chi connectivity index (χ1n) is 6.27. The van der Waals surface area contributed by atoms with Crippen molar-refractivity contribution in [1.29, 1.82) is 0 Å². The summed E-state index contributed by atoms with van der Waals surface area (Å²) in [4.78, 5) is 12.1. The van der Waals surface area contributed by atoms with E-state index in [0.717, 1.165) is 18.6 Å². The van der Waals surface area contributed by atoms with E-state index in [1.807, 2.05) is 13.8 Å². The topological polar surface area (TPSA) is 64.3 Å². The van der Waals surface area contributed by atoms with Crippen LogP contribution in [-0.4, -0.2) is 25.1 Å². The lowest BCUT2D eigenvalue weighted by molar-refractivity contribution is 0.0895. The molecule has 1 aromatic carbocycles. The van der Waals surface area contributed by atoms with Gasteiger partial charge in [-0.1, -0.05) is 13.8 Å². The predicted molar refractivity (Wildman–Crippen MR) is 72.8 cm³/mol. The molecule has 18 heavy (non-hydrogen) atoms. The number of benzene rings is 1. The van der Waals surface area contributed by atoms with E-state index in [1.165, 1.54) is 0 Å². The summed E-state index contributed by atoms with van der Waals surface area (Å²) in [5, 5.41) is 3.03. The van der Waals surface area contributed by atoms with Gasteiger partial charge >= 0.3 is 0 Å². The van der Waals surface area contributed by atoms with E-state index in [9.17, 15) is 4.79 Å². The lowest BCUT2D eigenvalue weighted by Gasteiger charge is -2.31. The van der Waals surface area contributed by atoms with Crippen molar-refractivity contribution in [3.05, 3.63) is 29.8 Å². The molecule has 0 aliphatic heterocycles. The average Bonchev–Trinajstić information content (AvgIpc) is 2.45. The van der Waals surface area contributed by atoms with Crippen LogP contribution >= 0.6 is 0 Å². The minimum Gasteiger partial charge on any atom is -0.497 e. The monoisotopic (exact) mass is 250 g/mol. The first-order chi connectivity index (χ1) is 8.60. The van der Waals surface area contributed by atoms with Gasteiger partial charge in [-0.3, -0.25) is 4.79 Å². The first kappa shape index (κ1) is 14.5. The summed E-state index contributed by atoms with van der Waals surface area (Å²) in [7, 11) is 1.60. The molecule has 3 N–H and O–H groups in total. The van der Waals surface area contributed by atoms with Crippen LogP contribution in [-0.2, 0) is 0 Å². The highest BCUT2D eigenvalue weighted by molar-refractivity contribution is 5.94. The third-order valence-electron chi connectivity index (χ3n) is 3.48. The van der Waals surface area contributed by atoms with Crippen molar-refractivity contribution in [3.63, 3.8) is 0 Å². The second-order valence-corrected chi connectivity index (χ2v) is 4.37. The summed E-state index contributed by atoms with van der Waals surface area (Å²) in [6, 6.07) is 7.05. The molecule has 0 radical (unpaired) electrons. The smallest absolute Gasteiger partial charge is 0.251 e. The first-order valence-corrected chi connectivity index (χ1v) is 6.27. The van der Waals surface area contributed by atoms with Crippen LogP contribution in [0.25, 0.3) is 0 Å². The van der Waals surface area contributed by atoms with Crippen LogP contribution < -0.4 is 15.8 Å². The lowest BCUT2D eigenvalue weighted by Crippen LogP contribution is -2.52. The maximum atomic E-state index is 12.1. The van der Waals surface area contributed by atoms with Crippen LogP contribution in [0, 0.1) is 0 Å². The summed E-state index contributed by atoms with van der Waals surface area (Å²) in [5.74, 6) is 0.648. The number of nitrogens with one attached hydrogen (secondary N) is 1. The van der Waals surface area contributed by atoms with Gasteiger partial charge in [0.25, 0.3) is 5.91 Å². The molecule has 0 aromatic heterocycles. The van der Waals surface area contributed by atoms with E-state index in [2.05, 4.69) is 5.32 Å².